The van der Waals surface area contributed by atoms with Crippen molar-refractivity contribution in [3.63, 3.8) is 0 Å². The van der Waals surface area contributed by atoms with E-state index in [-0.39, 0.29) is 23.8 Å². The molecule has 186 valence electrons. The zero-order valence-electron chi connectivity index (χ0n) is 20.6. The van der Waals surface area contributed by atoms with Crippen molar-refractivity contribution in [1.82, 2.24) is 14.8 Å². The van der Waals surface area contributed by atoms with E-state index in [1.165, 1.54) is 22.5 Å². The first kappa shape index (κ1) is 23.2. The summed E-state index contributed by atoms with van der Waals surface area (Å²) in [5.41, 5.74) is 5.25. The van der Waals surface area contributed by atoms with Crippen LogP contribution in [-0.2, 0) is 17.8 Å². The number of hydrogen-bond acceptors (Lipinski definition) is 5. The SMILES string of the molecule is Cc1cccc([C@H]2c3cc(OCc4nc(C(=O)N5CCCC5)cs4)ccc3CCN2C(=O)C2CC2)c1. The lowest BCUT2D eigenvalue weighted by Gasteiger charge is -2.38. The second kappa shape index (κ2) is 9.69. The third kappa shape index (κ3) is 4.64. The van der Waals surface area contributed by atoms with Crippen molar-refractivity contribution in [2.45, 2.75) is 51.7 Å². The lowest BCUT2D eigenvalue weighted by molar-refractivity contribution is -0.134. The number of aryl methyl sites for hydroxylation is 1. The summed E-state index contributed by atoms with van der Waals surface area (Å²) in [5, 5.41) is 2.62. The van der Waals surface area contributed by atoms with Crippen LogP contribution in [0.5, 0.6) is 5.75 Å². The van der Waals surface area contributed by atoms with Gasteiger partial charge in [0.05, 0.1) is 6.04 Å². The number of likely N-dealkylation sites (tertiary alicyclic amines) is 1. The quantitative estimate of drug-likeness (QED) is 0.469. The Hall–Kier alpha value is -3.19. The van der Waals surface area contributed by atoms with Crippen molar-refractivity contribution < 1.29 is 14.3 Å². The summed E-state index contributed by atoms with van der Waals surface area (Å²) in [5.74, 6) is 1.23. The molecule has 1 saturated heterocycles. The molecule has 3 heterocycles. The molecule has 0 spiro atoms. The first-order valence-corrected chi connectivity index (χ1v) is 13.8. The molecule has 0 unspecified atom stereocenters. The van der Waals surface area contributed by atoms with E-state index in [2.05, 4.69) is 53.2 Å². The first-order chi connectivity index (χ1) is 17.6. The molecule has 1 atom stereocenters. The number of fused-ring (bicyclic) bond motifs is 1. The topological polar surface area (TPSA) is 62.7 Å². The maximum absolute atomic E-state index is 13.2. The van der Waals surface area contributed by atoms with Gasteiger partial charge in [0.25, 0.3) is 5.91 Å². The van der Waals surface area contributed by atoms with Gasteiger partial charge in [0.2, 0.25) is 5.91 Å². The third-order valence-electron chi connectivity index (χ3n) is 7.44. The van der Waals surface area contributed by atoms with Gasteiger partial charge in [-0.15, -0.1) is 11.3 Å². The smallest absolute Gasteiger partial charge is 0.273 e. The highest BCUT2D eigenvalue weighted by Gasteiger charge is 2.39. The largest absolute Gasteiger partial charge is 0.486 e. The number of hydrogen-bond donors (Lipinski definition) is 0. The lowest BCUT2D eigenvalue weighted by Crippen LogP contribution is -2.41. The minimum atomic E-state index is -0.102. The number of nitrogens with zero attached hydrogens (tertiary/aromatic N) is 3. The summed E-state index contributed by atoms with van der Waals surface area (Å²) in [6.45, 7) is 4.79. The van der Waals surface area contributed by atoms with E-state index >= 15 is 0 Å². The molecule has 2 aliphatic heterocycles. The van der Waals surface area contributed by atoms with E-state index in [1.54, 1.807) is 0 Å². The van der Waals surface area contributed by atoms with Crippen molar-refractivity contribution in [2.75, 3.05) is 19.6 Å². The standard InChI is InChI=1S/C29H31N3O3S/c1-19-5-4-6-22(15-19)27-24-16-23(10-9-20(24)11-14-32(27)28(33)21-7-8-21)35-17-26-30-25(18-36-26)29(34)31-12-2-3-13-31/h4-6,9-10,15-16,18,21,27H,2-3,7-8,11-14,17H2,1H3/t27-/m0/s1. The molecule has 0 bridgehead atoms. The number of aromatic nitrogens is 1. The minimum absolute atomic E-state index is 0.0187. The van der Waals surface area contributed by atoms with Crippen LogP contribution in [0.25, 0.3) is 0 Å². The Morgan fingerprint density at radius 2 is 1.92 bits per heavy atom. The molecule has 2 aromatic carbocycles. The monoisotopic (exact) mass is 501 g/mol. The molecular weight excluding hydrogens is 470 g/mol. The fourth-order valence-electron chi connectivity index (χ4n) is 5.39. The predicted molar refractivity (Wildman–Crippen MR) is 139 cm³/mol. The average molecular weight is 502 g/mol. The van der Waals surface area contributed by atoms with E-state index in [0.717, 1.165) is 73.6 Å². The molecule has 3 aromatic rings. The normalized spacial score (nSPS) is 19.3. The molecular formula is C29H31N3O3S. The first-order valence-electron chi connectivity index (χ1n) is 12.9. The molecule has 6 rings (SSSR count). The average Bonchev–Trinajstić information content (AvgIpc) is 3.38. The molecule has 36 heavy (non-hydrogen) atoms. The summed E-state index contributed by atoms with van der Waals surface area (Å²) in [6, 6.07) is 14.6. The van der Waals surface area contributed by atoms with Crippen LogP contribution in [0.15, 0.2) is 47.8 Å². The summed E-state index contributed by atoms with van der Waals surface area (Å²) in [4.78, 5) is 34.4. The molecule has 6 nitrogen and oxygen atoms in total. The Morgan fingerprint density at radius 3 is 2.69 bits per heavy atom. The summed E-state index contributed by atoms with van der Waals surface area (Å²) in [7, 11) is 0. The van der Waals surface area contributed by atoms with E-state index < -0.39 is 0 Å². The molecule has 0 N–H and O–H groups in total. The number of amides is 2. The maximum atomic E-state index is 13.2. The van der Waals surface area contributed by atoms with Crippen LogP contribution in [0.4, 0.5) is 0 Å². The summed E-state index contributed by atoms with van der Waals surface area (Å²) >= 11 is 1.46. The van der Waals surface area contributed by atoms with Gasteiger partial charge in [0, 0.05) is 30.9 Å². The van der Waals surface area contributed by atoms with Crippen molar-refractivity contribution in [2.24, 2.45) is 5.92 Å². The molecule has 7 heteroatoms. The van der Waals surface area contributed by atoms with Gasteiger partial charge < -0.3 is 14.5 Å². The lowest BCUT2D eigenvalue weighted by atomic mass is 9.87. The van der Waals surface area contributed by atoms with Gasteiger partial charge >= 0.3 is 0 Å². The van der Waals surface area contributed by atoms with E-state index in [0.29, 0.717) is 12.3 Å². The van der Waals surface area contributed by atoms with Gasteiger partial charge in [-0.05, 0) is 67.9 Å². The van der Waals surface area contributed by atoms with Gasteiger partial charge in [0.1, 0.15) is 23.1 Å². The van der Waals surface area contributed by atoms with Gasteiger partial charge in [-0.2, -0.15) is 0 Å². The van der Waals surface area contributed by atoms with Gasteiger partial charge in [0.15, 0.2) is 0 Å². The fourth-order valence-corrected chi connectivity index (χ4v) is 6.07. The fraction of sp³-hybridized carbons (Fsp3) is 0.414. The van der Waals surface area contributed by atoms with E-state index in [9.17, 15) is 9.59 Å². The van der Waals surface area contributed by atoms with Crippen LogP contribution in [0.2, 0.25) is 0 Å². The number of carbonyl (C=O) groups is 2. The van der Waals surface area contributed by atoms with Gasteiger partial charge in [-0.25, -0.2) is 4.98 Å². The second-order valence-electron chi connectivity index (χ2n) is 10.1. The molecule has 2 fully saturated rings. The van der Waals surface area contributed by atoms with Crippen LogP contribution in [0.1, 0.15) is 69.5 Å². The highest BCUT2D eigenvalue weighted by molar-refractivity contribution is 7.09. The number of carbonyl (C=O) groups excluding carboxylic acids is 2. The third-order valence-corrected chi connectivity index (χ3v) is 8.26. The maximum Gasteiger partial charge on any atom is 0.273 e. The molecule has 2 amide bonds. The number of ether oxygens (including phenoxy) is 1. The van der Waals surface area contributed by atoms with Crippen molar-refractivity contribution >= 4 is 23.2 Å². The van der Waals surface area contributed by atoms with Crippen LogP contribution < -0.4 is 4.74 Å². The van der Waals surface area contributed by atoms with E-state index in [4.69, 9.17) is 4.74 Å². The van der Waals surface area contributed by atoms with Crippen molar-refractivity contribution in [1.29, 1.82) is 0 Å². The molecule has 1 aliphatic carbocycles. The number of benzene rings is 2. The second-order valence-corrected chi connectivity index (χ2v) is 11.1. The Bertz CT molecular complexity index is 1290. The van der Waals surface area contributed by atoms with Crippen LogP contribution in [0, 0.1) is 12.8 Å². The van der Waals surface area contributed by atoms with Gasteiger partial charge in [-0.1, -0.05) is 35.9 Å². The zero-order valence-corrected chi connectivity index (χ0v) is 21.4. The summed E-state index contributed by atoms with van der Waals surface area (Å²) in [6.07, 6.45) is 4.99. The molecule has 3 aliphatic rings. The Kier molecular flexibility index (Phi) is 6.25. The number of rotatable bonds is 6. The van der Waals surface area contributed by atoms with Crippen LogP contribution >= 0.6 is 11.3 Å². The number of thiazole rings is 1. The highest BCUT2D eigenvalue weighted by atomic mass is 32.1. The highest BCUT2D eigenvalue weighted by Crippen LogP contribution is 2.41. The zero-order chi connectivity index (χ0) is 24.6. The molecule has 1 aromatic heterocycles. The molecule has 0 radical (unpaired) electrons. The molecule has 1 saturated carbocycles. The Morgan fingerprint density at radius 1 is 1.08 bits per heavy atom. The minimum Gasteiger partial charge on any atom is -0.486 e. The Labute approximate surface area is 215 Å². The predicted octanol–water partition coefficient (Wildman–Crippen LogP) is 5.15. The van der Waals surface area contributed by atoms with Crippen LogP contribution in [0.3, 0.4) is 0 Å². The van der Waals surface area contributed by atoms with Crippen molar-refractivity contribution in [3.8, 4) is 5.75 Å². The van der Waals surface area contributed by atoms with Gasteiger partial charge in [-0.3, -0.25) is 9.59 Å². The Balaban J connectivity index is 1.23. The van der Waals surface area contributed by atoms with Crippen LogP contribution in [-0.4, -0.2) is 46.2 Å². The van der Waals surface area contributed by atoms with Crippen molar-refractivity contribution in [3.05, 3.63) is 80.8 Å². The van der Waals surface area contributed by atoms with E-state index in [1.807, 2.05) is 16.3 Å². The summed E-state index contributed by atoms with van der Waals surface area (Å²) < 4.78 is 6.16.